The number of halogens is 4. The lowest BCUT2D eigenvalue weighted by molar-refractivity contribution is -0.138. The van der Waals surface area contributed by atoms with Gasteiger partial charge >= 0.3 is 6.18 Å². The molecule has 3 nitrogen and oxygen atoms in total. The van der Waals surface area contributed by atoms with E-state index in [9.17, 15) is 13.2 Å². The lowest BCUT2D eigenvalue weighted by Crippen LogP contribution is -2.45. The summed E-state index contributed by atoms with van der Waals surface area (Å²) in [6.07, 6.45) is -4.90. The highest BCUT2D eigenvalue weighted by molar-refractivity contribution is 9.10. The number of rotatable bonds is 6. The number of hydrogen-bond donors (Lipinski definition) is 1. The van der Waals surface area contributed by atoms with Crippen LogP contribution in [0.15, 0.2) is 22.7 Å². The van der Waals surface area contributed by atoms with Crippen LogP contribution in [0.1, 0.15) is 31.4 Å². The highest BCUT2D eigenvalue weighted by Gasteiger charge is 2.32. The molecule has 1 aromatic rings. The molecule has 1 heterocycles. The van der Waals surface area contributed by atoms with E-state index >= 15 is 0 Å². The topological polar surface area (TPSA) is 24.5 Å². The van der Waals surface area contributed by atoms with Crippen molar-refractivity contribution in [2.24, 2.45) is 0 Å². The van der Waals surface area contributed by atoms with Gasteiger partial charge in [0.15, 0.2) is 0 Å². The number of piperazine rings is 1. The Balaban J connectivity index is 2.29. The van der Waals surface area contributed by atoms with Gasteiger partial charge in [0, 0.05) is 48.7 Å². The van der Waals surface area contributed by atoms with Crippen molar-refractivity contribution in [3.63, 3.8) is 0 Å². The molecular weight excluding hydrogens is 373 g/mol. The molecule has 0 amide bonds. The number of hydrogen-bond acceptors (Lipinski definition) is 3. The Labute approximate surface area is 143 Å². The quantitative estimate of drug-likeness (QED) is 0.784. The van der Waals surface area contributed by atoms with Crippen LogP contribution >= 0.6 is 15.9 Å². The Morgan fingerprint density at radius 3 is 2.61 bits per heavy atom. The minimum Gasteiger partial charge on any atom is -0.494 e. The molecule has 1 aliphatic rings. The fraction of sp³-hybridized carbons (Fsp3) is 0.625. The number of nitrogens with one attached hydrogen (secondary N) is 1. The van der Waals surface area contributed by atoms with Crippen molar-refractivity contribution in [2.45, 2.75) is 32.0 Å². The van der Waals surface area contributed by atoms with E-state index in [1.807, 2.05) is 25.1 Å². The third kappa shape index (κ3) is 5.65. The fourth-order valence-corrected chi connectivity index (χ4v) is 3.27. The second-order valence-corrected chi connectivity index (χ2v) is 6.49. The van der Waals surface area contributed by atoms with Gasteiger partial charge < -0.3 is 10.1 Å². The van der Waals surface area contributed by atoms with Crippen LogP contribution in [0, 0.1) is 0 Å². The van der Waals surface area contributed by atoms with Crippen LogP contribution in [0.3, 0.4) is 0 Å². The molecule has 1 aliphatic heterocycles. The first kappa shape index (κ1) is 18.5. The molecule has 0 bridgehead atoms. The minimum atomic E-state index is -4.15. The van der Waals surface area contributed by atoms with Crippen molar-refractivity contribution in [1.29, 1.82) is 0 Å². The molecule has 1 N–H and O–H groups in total. The molecule has 1 atom stereocenters. The van der Waals surface area contributed by atoms with E-state index in [2.05, 4.69) is 26.1 Å². The Hall–Kier alpha value is -0.790. The van der Waals surface area contributed by atoms with E-state index in [0.717, 1.165) is 36.2 Å². The third-order valence-electron chi connectivity index (χ3n) is 3.92. The van der Waals surface area contributed by atoms with Crippen molar-refractivity contribution in [3.05, 3.63) is 28.2 Å². The van der Waals surface area contributed by atoms with Crippen LogP contribution in [0.25, 0.3) is 0 Å². The van der Waals surface area contributed by atoms with Gasteiger partial charge in [0.2, 0.25) is 0 Å². The minimum absolute atomic E-state index is 0.0417. The van der Waals surface area contributed by atoms with Crippen LogP contribution in [-0.4, -0.2) is 43.9 Å². The van der Waals surface area contributed by atoms with Crippen LogP contribution in [0.2, 0.25) is 0 Å². The summed E-state index contributed by atoms with van der Waals surface area (Å²) < 4.78 is 44.8. The van der Waals surface area contributed by atoms with Crippen molar-refractivity contribution in [3.8, 4) is 5.75 Å². The molecule has 23 heavy (non-hydrogen) atoms. The first-order valence-electron chi connectivity index (χ1n) is 7.84. The number of ether oxygens (including phenoxy) is 1. The van der Waals surface area contributed by atoms with Gasteiger partial charge in [0.25, 0.3) is 0 Å². The number of alkyl halides is 3. The Morgan fingerprint density at radius 1 is 1.30 bits per heavy atom. The molecule has 0 unspecified atom stereocenters. The Kier molecular flexibility index (Phi) is 6.73. The molecule has 0 spiro atoms. The van der Waals surface area contributed by atoms with E-state index in [0.29, 0.717) is 12.4 Å². The highest BCUT2D eigenvalue weighted by atomic mass is 79.9. The number of nitrogens with zero attached hydrogens (tertiary/aromatic N) is 1. The van der Waals surface area contributed by atoms with Crippen molar-refractivity contribution >= 4 is 15.9 Å². The molecule has 7 heteroatoms. The van der Waals surface area contributed by atoms with Crippen LogP contribution in [-0.2, 0) is 0 Å². The molecule has 0 aliphatic carbocycles. The van der Waals surface area contributed by atoms with Gasteiger partial charge in [0.05, 0.1) is 6.61 Å². The zero-order valence-corrected chi connectivity index (χ0v) is 14.7. The lowest BCUT2D eigenvalue weighted by atomic mass is 9.98. The molecule has 0 radical (unpaired) electrons. The Morgan fingerprint density at radius 2 is 2.00 bits per heavy atom. The molecule has 130 valence electrons. The van der Waals surface area contributed by atoms with Gasteiger partial charge in [-0.15, -0.1) is 0 Å². The maximum atomic E-state index is 12.8. The number of benzene rings is 1. The van der Waals surface area contributed by atoms with Gasteiger partial charge in [-0.1, -0.05) is 15.9 Å². The summed E-state index contributed by atoms with van der Waals surface area (Å²) in [5.74, 6) is 0.668. The second-order valence-electron chi connectivity index (χ2n) is 5.57. The zero-order valence-electron chi connectivity index (χ0n) is 13.1. The highest BCUT2D eigenvalue weighted by Crippen LogP contribution is 2.37. The summed E-state index contributed by atoms with van der Waals surface area (Å²) in [5, 5.41) is 3.24. The first-order valence-corrected chi connectivity index (χ1v) is 8.64. The summed E-state index contributed by atoms with van der Waals surface area (Å²) >= 11 is 3.42. The SMILES string of the molecule is CCOc1ccc(Br)cc1[C@H](CCC(F)(F)F)N1CCNCC1. The summed E-state index contributed by atoms with van der Waals surface area (Å²) in [6.45, 7) is 5.42. The maximum Gasteiger partial charge on any atom is 0.389 e. The van der Waals surface area contributed by atoms with Crippen molar-refractivity contribution in [1.82, 2.24) is 10.2 Å². The third-order valence-corrected chi connectivity index (χ3v) is 4.42. The predicted molar refractivity (Wildman–Crippen MR) is 87.8 cm³/mol. The van der Waals surface area contributed by atoms with Crippen molar-refractivity contribution < 1.29 is 17.9 Å². The predicted octanol–water partition coefficient (Wildman–Crippen LogP) is 4.14. The van der Waals surface area contributed by atoms with Crippen molar-refractivity contribution in [2.75, 3.05) is 32.8 Å². The monoisotopic (exact) mass is 394 g/mol. The standard InChI is InChI=1S/C16H22BrF3N2O/c1-2-23-15-4-3-12(17)11-13(15)14(5-6-16(18,19)20)22-9-7-21-8-10-22/h3-4,11,14,21H,2,5-10H2,1H3/t14-/m0/s1. The largest absolute Gasteiger partial charge is 0.494 e. The summed E-state index contributed by atoms with van der Waals surface area (Å²) in [4.78, 5) is 2.12. The fourth-order valence-electron chi connectivity index (χ4n) is 2.90. The molecule has 1 fully saturated rings. The van der Waals surface area contributed by atoms with Crippen LogP contribution in [0.4, 0.5) is 13.2 Å². The van der Waals surface area contributed by atoms with Gasteiger partial charge in [0.1, 0.15) is 5.75 Å². The first-order chi connectivity index (χ1) is 10.9. The Bertz CT molecular complexity index is 505. The second kappa shape index (κ2) is 8.35. The average molecular weight is 395 g/mol. The molecule has 0 aromatic heterocycles. The molecule has 0 saturated carbocycles. The van der Waals surface area contributed by atoms with E-state index in [-0.39, 0.29) is 12.5 Å². The summed E-state index contributed by atoms with van der Waals surface area (Å²) in [5.41, 5.74) is 0.826. The van der Waals surface area contributed by atoms with Crippen LogP contribution in [0.5, 0.6) is 5.75 Å². The summed E-state index contributed by atoms with van der Waals surface area (Å²) in [6, 6.07) is 5.27. The van der Waals surface area contributed by atoms with Gasteiger partial charge in [-0.3, -0.25) is 4.90 Å². The van der Waals surface area contributed by atoms with E-state index in [1.54, 1.807) is 0 Å². The van der Waals surface area contributed by atoms with Gasteiger partial charge in [-0.25, -0.2) is 0 Å². The summed E-state index contributed by atoms with van der Waals surface area (Å²) in [7, 11) is 0. The smallest absolute Gasteiger partial charge is 0.389 e. The molecule has 2 rings (SSSR count). The molecular formula is C16H22BrF3N2O. The maximum absolute atomic E-state index is 12.8. The van der Waals surface area contributed by atoms with E-state index < -0.39 is 12.6 Å². The molecule has 1 aromatic carbocycles. The van der Waals surface area contributed by atoms with Crippen LogP contribution < -0.4 is 10.1 Å². The zero-order chi connectivity index (χ0) is 16.9. The lowest BCUT2D eigenvalue weighted by Gasteiger charge is -2.36. The van der Waals surface area contributed by atoms with Gasteiger partial charge in [-0.2, -0.15) is 13.2 Å². The average Bonchev–Trinajstić information content (AvgIpc) is 2.50. The van der Waals surface area contributed by atoms with Gasteiger partial charge in [-0.05, 0) is 31.5 Å². The molecule has 1 saturated heterocycles. The van der Waals surface area contributed by atoms with E-state index in [1.165, 1.54) is 0 Å². The normalized spacial score (nSPS) is 18.0. The van der Waals surface area contributed by atoms with E-state index in [4.69, 9.17) is 4.74 Å².